The molecule has 6 heteroatoms. The summed E-state index contributed by atoms with van der Waals surface area (Å²) in [4.78, 5) is 14.2. The van der Waals surface area contributed by atoms with Crippen molar-refractivity contribution >= 4 is 11.5 Å². The number of carbonyl (C=O) groups excluding carboxylic acids is 1. The summed E-state index contributed by atoms with van der Waals surface area (Å²) in [6.07, 6.45) is -3.88. The first-order valence-corrected chi connectivity index (χ1v) is 6.62. The SMILES string of the molecule is CCC(=O)c1ccccc1N1CCN(C(F)(F)F)CC1. The Morgan fingerprint density at radius 2 is 1.75 bits per heavy atom. The fourth-order valence-electron chi connectivity index (χ4n) is 2.38. The Kier molecular flexibility index (Phi) is 4.32. The Hall–Kier alpha value is -1.56. The molecule has 1 aliphatic heterocycles. The first-order valence-electron chi connectivity index (χ1n) is 6.62. The number of alkyl halides is 3. The van der Waals surface area contributed by atoms with Gasteiger partial charge in [-0.25, -0.2) is 4.90 Å². The van der Waals surface area contributed by atoms with Gasteiger partial charge in [-0.1, -0.05) is 19.1 Å². The van der Waals surface area contributed by atoms with Gasteiger partial charge in [0.05, 0.1) is 0 Å². The molecule has 0 saturated carbocycles. The number of hydrogen-bond acceptors (Lipinski definition) is 3. The molecule has 2 rings (SSSR count). The Balaban J connectivity index is 2.13. The second kappa shape index (κ2) is 5.83. The van der Waals surface area contributed by atoms with E-state index in [0.29, 0.717) is 16.9 Å². The van der Waals surface area contributed by atoms with Gasteiger partial charge in [0.1, 0.15) is 0 Å². The summed E-state index contributed by atoms with van der Waals surface area (Å²) in [6.45, 7) is 2.18. The van der Waals surface area contributed by atoms with Crippen molar-refractivity contribution in [1.29, 1.82) is 0 Å². The summed E-state index contributed by atoms with van der Waals surface area (Å²) in [5.74, 6) is 0.0128. The molecule has 1 aromatic rings. The van der Waals surface area contributed by atoms with Gasteiger partial charge >= 0.3 is 6.30 Å². The molecule has 0 spiro atoms. The minimum Gasteiger partial charge on any atom is -0.368 e. The number of piperazine rings is 1. The van der Waals surface area contributed by atoms with Gasteiger partial charge in [-0.3, -0.25) is 4.79 Å². The first kappa shape index (κ1) is 14.8. The lowest BCUT2D eigenvalue weighted by atomic mass is 10.1. The number of nitrogens with zero attached hydrogens (tertiary/aromatic N) is 2. The molecular weight excluding hydrogens is 269 g/mol. The standard InChI is InChI=1S/C14H17F3N2O/c1-2-13(20)11-5-3-4-6-12(11)18-7-9-19(10-8-18)14(15,16)17/h3-6H,2,7-10H2,1H3. The number of Topliss-reactive ketones (excluding diaryl/α,β-unsaturated/α-hetero) is 1. The van der Waals surface area contributed by atoms with Crippen LogP contribution in [0.3, 0.4) is 0 Å². The van der Waals surface area contributed by atoms with Gasteiger partial charge in [0.2, 0.25) is 0 Å². The lowest BCUT2D eigenvalue weighted by Gasteiger charge is -2.37. The van der Waals surface area contributed by atoms with Crippen LogP contribution in [0.5, 0.6) is 0 Å². The highest BCUT2D eigenvalue weighted by molar-refractivity contribution is 6.01. The van der Waals surface area contributed by atoms with Crippen LogP contribution in [0.15, 0.2) is 24.3 Å². The average Bonchev–Trinajstić information content (AvgIpc) is 2.45. The van der Waals surface area contributed by atoms with E-state index in [-0.39, 0.29) is 32.0 Å². The Bertz CT molecular complexity index is 480. The molecule has 0 bridgehead atoms. The van der Waals surface area contributed by atoms with E-state index in [9.17, 15) is 18.0 Å². The number of para-hydroxylation sites is 1. The molecule has 20 heavy (non-hydrogen) atoms. The lowest BCUT2D eigenvalue weighted by Crippen LogP contribution is -2.52. The van der Waals surface area contributed by atoms with Crippen LogP contribution < -0.4 is 4.90 Å². The largest absolute Gasteiger partial charge is 0.460 e. The number of benzene rings is 1. The molecule has 1 heterocycles. The van der Waals surface area contributed by atoms with Gasteiger partial charge in [-0.2, -0.15) is 13.2 Å². The van der Waals surface area contributed by atoms with Crippen LogP contribution in [0.1, 0.15) is 23.7 Å². The van der Waals surface area contributed by atoms with E-state index in [2.05, 4.69) is 0 Å². The predicted molar refractivity (Wildman–Crippen MR) is 70.9 cm³/mol. The number of rotatable bonds is 3. The average molecular weight is 286 g/mol. The van der Waals surface area contributed by atoms with E-state index in [1.165, 1.54) is 0 Å². The minimum absolute atomic E-state index is 0.0128. The van der Waals surface area contributed by atoms with Crippen molar-refractivity contribution in [2.75, 3.05) is 31.1 Å². The van der Waals surface area contributed by atoms with Crippen LogP contribution in [-0.2, 0) is 0 Å². The van der Waals surface area contributed by atoms with Crippen LogP contribution in [0.4, 0.5) is 18.9 Å². The summed E-state index contributed by atoms with van der Waals surface area (Å²) in [6, 6.07) is 7.11. The fraction of sp³-hybridized carbons (Fsp3) is 0.500. The number of carbonyl (C=O) groups is 1. The molecule has 0 unspecified atom stereocenters. The monoisotopic (exact) mass is 286 g/mol. The van der Waals surface area contributed by atoms with Gasteiger partial charge in [0, 0.05) is 43.9 Å². The zero-order chi connectivity index (χ0) is 14.8. The van der Waals surface area contributed by atoms with Gasteiger partial charge < -0.3 is 4.90 Å². The van der Waals surface area contributed by atoms with E-state index in [1.807, 2.05) is 4.90 Å². The molecule has 0 aromatic heterocycles. The molecule has 0 aliphatic carbocycles. The maximum Gasteiger partial charge on any atom is 0.460 e. The predicted octanol–water partition coefficient (Wildman–Crippen LogP) is 2.92. The second-order valence-electron chi connectivity index (χ2n) is 4.74. The highest BCUT2D eigenvalue weighted by Gasteiger charge is 2.39. The van der Waals surface area contributed by atoms with Crippen molar-refractivity contribution in [1.82, 2.24) is 4.90 Å². The Morgan fingerprint density at radius 1 is 1.15 bits per heavy atom. The van der Waals surface area contributed by atoms with Crippen molar-refractivity contribution in [3.05, 3.63) is 29.8 Å². The van der Waals surface area contributed by atoms with E-state index in [0.717, 1.165) is 5.69 Å². The van der Waals surface area contributed by atoms with Gasteiger partial charge in [-0.05, 0) is 12.1 Å². The highest BCUT2D eigenvalue weighted by Crippen LogP contribution is 2.27. The third-order valence-electron chi connectivity index (χ3n) is 3.50. The maximum atomic E-state index is 12.6. The molecule has 0 N–H and O–H groups in total. The van der Waals surface area contributed by atoms with Gasteiger partial charge in [0.15, 0.2) is 5.78 Å². The van der Waals surface area contributed by atoms with Crippen LogP contribution >= 0.6 is 0 Å². The number of halogens is 3. The zero-order valence-electron chi connectivity index (χ0n) is 11.3. The summed E-state index contributed by atoms with van der Waals surface area (Å²) in [5, 5.41) is 0. The van der Waals surface area contributed by atoms with Crippen molar-refractivity contribution in [3.8, 4) is 0 Å². The smallest absolute Gasteiger partial charge is 0.368 e. The summed E-state index contributed by atoms with van der Waals surface area (Å²) in [7, 11) is 0. The molecule has 1 fully saturated rings. The van der Waals surface area contributed by atoms with E-state index in [4.69, 9.17) is 0 Å². The Labute approximate surface area is 116 Å². The molecular formula is C14H17F3N2O. The third-order valence-corrected chi connectivity index (χ3v) is 3.50. The molecule has 0 radical (unpaired) electrons. The van der Waals surface area contributed by atoms with Crippen molar-refractivity contribution in [2.24, 2.45) is 0 Å². The summed E-state index contributed by atoms with van der Waals surface area (Å²) in [5.41, 5.74) is 1.33. The molecule has 1 aliphatic rings. The first-order chi connectivity index (χ1) is 9.43. The van der Waals surface area contributed by atoms with Crippen LogP contribution in [0.25, 0.3) is 0 Å². The normalized spacial score (nSPS) is 17.3. The van der Waals surface area contributed by atoms with E-state index < -0.39 is 6.30 Å². The van der Waals surface area contributed by atoms with Gasteiger partial charge in [-0.15, -0.1) is 0 Å². The van der Waals surface area contributed by atoms with Crippen molar-refractivity contribution in [2.45, 2.75) is 19.6 Å². The number of hydrogen-bond donors (Lipinski definition) is 0. The van der Waals surface area contributed by atoms with Crippen molar-refractivity contribution in [3.63, 3.8) is 0 Å². The third kappa shape index (κ3) is 3.12. The maximum absolute atomic E-state index is 12.6. The Morgan fingerprint density at radius 3 is 2.30 bits per heavy atom. The van der Waals surface area contributed by atoms with Crippen molar-refractivity contribution < 1.29 is 18.0 Å². The molecule has 0 amide bonds. The number of anilines is 1. The van der Waals surface area contributed by atoms with Gasteiger partial charge in [0.25, 0.3) is 0 Å². The number of ketones is 1. The lowest BCUT2D eigenvalue weighted by molar-refractivity contribution is -0.246. The summed E-state index contributed by atoms with van der Waals surface area (Å²) >= 11 is 0. The topological polar surface area (TPSA) is 23.6 Å². The second-order valence-corrected chi connectivity index (χ2v) is 4.74. The summed E-state index contributed by atoms with van der Waals surface area (Å²) < 4.78 is 37.8. The molecule has 1 saturated heterocycles. The van der Waals surface area contributed by atoms with Crippen LogP contribution in [-0.4, -0.2) is 43.2 Å². The minimum atomic E-state index is -4.27. The van der Waals surface area contributed by atoms with E-state index >= 15 is 0 Å². The highest BCUT2D eigenvalue weighted by atomic mass is 19.4. The van der Waals surface area contributed by atoms with Crippen LogP contribution in [0, 0.1) is 0 Å². The molecule has 3 nitrogen and oxygen atoms in total. The van der Waals surface area contributed by atoms with E-state index in [1.54, 1.807) is 31.2 Å². The molecule has 110 valence electrons. The molecule has 1 aromatic carbocycles. The quantitative estimate of drug-likeness (QED) is 0.630. The van der Waals surface area contributed by atoms with Crippen LogP contribution in [0.2, 0.25) is 0 Å². The fourth-order valence-corrected chi connectivity index (χ4v) is 2.38. The zero-order valence-corrected chi connectivity index (χ0v) is 11.3. The molecule has 0 atom stereocenters.